The van der Waals surface area contributed by atoms with Gasteiger partial charge in [-0.25, -0.2) is 0 Å². The first-order valence-corrected chi connectivity index (χ1v) is 6.20. The molecule has 1 fully saturated rings. The predicted octanol–water partition coefficient (Wildman–Crippen LogP) is 1.48. The number of nitrogens with two attached hydrogens (primary N) is 1. The van der Waals surface area contributed by atoms with E-state index in [9.17, 15) is 4.79 Å². The lowest BCUT2D eigenvalue weighted by molar-refractivity contribution is -0.133. The molecule has 2 heterocycles. The Hall–Kier alpha value is -1.42. The van der Waals surface area contributed by atoms with Crippen molar-refractivity contribution in [1.29, 1.82) is 0 Å². The van der Waals surface area contributed by atoms with Crippen molar-refractivity contribution in [1.82, 2.24) is 9.88 Å². The highest BCUT2D eigenvalue weighted by atomic mass is 16.2. The summed E-state index contributed by atoms with van der Waals surface area (Å²) >= 11 is 0. The Morgan fingerprint density at radius 1 is 1.59 bits per heavy atom. The summed E-state index contributed by atoms with van der Waals surface area (Å²) in [5, 5.41) is 0. The van der Waals surface area contributed by atoms with Crippen molar-refractivity contribution in [3.63, 3.8) is 0 Å². The van der Waals surface area contributed by atoms with Crippen LogP contribution in [0.5, 0.6) is 0 Å². The SMILES string of the molecule is CC[C@H](N)C(=O)N1CCCC1c1ccncc1. The molecule has 1 saturated heterocycles. The fourth-order valence-corrected chi connectivity index (χ4v) is 2.35. The van der Waals surface area contributed by atoms with Gasteiger partial charge in [-0.3, -0.25) is 9.78 Å². The highest BCUT2D eigenvalue weighted by Crippen LogP contribution is 2.31. The topological polar surface area (TPSA) is 59.2 Å². The largest absolute Gasteiger partial charge is 0.334 e. The average molecular weight is 233 g/mol. The number of likely N-dealkylation sites (tertiary alicyclic amines) is 1. The second-order valence-corrected chi connectivity index (χ2v) is 4.48. The summed E-state index contributed by atoms with van der Waals surface area (Å²) in [6.45, 7) is 2.76. The Morgan fingerprint density at radius 2 is 2.29 bits per heavy atom. The molecule has 0 radical (unpaired) electrons. The molecule has 2 N–H and O–H groups in total. The lowest BCUT2D eigenvalue weighted by Crippen LogP contribution is -2.43. The van der Waals surface area contributed by atoms with E-state index >= 15 is 0 Å². The smallest absolute Gasteiger partial charge is 0.239 e. The van der Waals surface area contributed by atoms with Gasteiger partial charge in [0.05, 0.1) is 12.1 Å². The van der Waals surface area contributed by atoms with Crippen LogP contribution < -0.4 is 5.73 Å². The lowest BCUT2D eigenvalue weighted by atomic mass is 10.1. The highest BCUT2D eigenvalue weighted by Gasteiger charge is 2.31. The van der Waals surface area contributed by atoms with E-state index in [0.29, 0.717) is 6.42 Å². The van der Waals surface area contributed by atoms with Crippen LogP contribution in [0.2, 0.25) is 0 Å². The number of carbonyl (C=O) groups excluding carboxylic acids is 1. The highest BCUT2D eigenvalue weighted by molar-refractivity contribution is 5.82. The van der Waals surface area contributed by atoms with Crippen LogP contribution in [0.25, 0.3) is 0 Å². The summed E-state index contributed by atoms with van der Waals surface area (Å²) < 4.78 is 0. The molecule has 0 aromatic carbocycles. The van der Waals surface area contributed by atoms with Gasteiger partial charge in [-0.15, -0.1) is 0 Å². The van der Waals surface area contributed by atoms with E-state index in [1.165, 1.54) is 0 Å². The van der Waals surface area contributed by atoms with Gasteiger partial charge in [0.25, 0.3) is 0 Å². The first-order chi connectivity index (χ1) is 8.24. The van der Waals surface area contributed by atoms with Crippen LogP contribution in [-0.2, 0) is 4.79 Å². The molecular weight excluding hydrogens is 214 g/mol. The molecule has 17 heavy (non-hydrogen) atoms. The molecule has 0 spiro atoms. The van der Waals surface area contributed by atoms with E-state index in [1.54, 1.807) is 12.4 Å². The fourth-order valence-electron chi connectivity index (χ4n) is 2.35. The Kier molecular flexibility index (Phi) is 3.74. The Balaban J connectivity index is 2.15. The number of aromatic nitrogens is 1. The average Bonchev–Trinajstić information content (AvgIpc) is 2.87. The number of rotatable bonds is 3. The van der Waals surface area contributed by atoms with Crippen LogP contribution in [-0.4, -0.2) is 28.4 Å². The molecule has 1 amide bonds. The zero-order valence-corrected chi connectivity index (χ0v) is 10.2. The Bertz CT molecular complexity index is 380. The van der Waals surface area contributed by atoms with Gasteiger partial charge in [0.1, 0.15) is 0 Å². The molecule has 1 unspecified atom stereocenters. The van der Waals surface area contributed by atoms with Crippen LogP contribution in [0.3, 0.4) is 0 Å². The summed E-state index contributed by atoms with van der Waals surface area (Å²) in [4.78, 5) is 18.1. The first-order valence-electron chi connectivity index (χ1n) is 6.20. The zero-order chi connectivity index (χ0) is 12.3. The minimum Gasteiger partial charge on any atom is -0.334 e. The number of carbonyl (C=O) groups is 1. The van der Waals surface area contributed by atoms with E-state index < -0.39 is 0 Å². The number of nitrogens with zero attached hydrogens (tertiary/aromatic N) is 2. The summed E-state index contributed by atoms with van der Waals surface area (Å²) in [5.41, 5.74) is 6.99. The molecule has 1 aromatic rings. The van der Waals surface area contributed by atoms with E-state index in [0.717, 1.165) is 24.9 Å². The molecular formula is C13H19N3O. The summed E-state index contributed by atoms with van der Waals surface area (Å²) in [5.74, 6) is 0.0758. The standard InChI is InChI=1S/C13H19N3O/c1-2-11(14)13(17)16-9-3-4-12(16)10-5-7-15-8-6-10/h5-8,11-12H,2-4,9,14H2,1H3/t11-,12?/m0/s1. The third-order valence-electron chi connectivity index (χ3n) is 3.38. The molecule has 0 saturated carbocycles. The molecule has 1 aliphatic heterocycles. The quantitative estimate of drug-likeness (QED) is 0.860. The van der Waals surface area contributed by atoms with Crippen molar-refractivity contribution in [3.05, 3.63) is 30.1 Å². The number of amides is 1. The lowest BCUT2D eigenvalue weighted by Gasteiger charge is -2.27. The molecule has 1 aliphatic rings. The van der Waals surface area contributed by atoms with Crippen LogP contribution in [0.15, 0.2) is 24.5 Å². The molecule has 1 aromatic heterocycles. The maximum Gasteiger partial charge on any atom is 0.239 e. The Morgan fingerprint density at radius 3 is 2.94 bits per heavy atom. The number of hydrogen-bond donors (Lipinski definition) is 1. The number of pyridine rings is 1. The van der Waals surface area contributed by atoms with Gasteiger partial charge in [0, 0.05) is 18.9 Å². The van der Waals surface area contributed by atoms with Gasteiger partial charge in [0.2, 0.25) is 5.91 Å². The molecule has 4 heteroatoms. The molecule has 92 valence electrons. The predicted molar refractivity (Wildman–Crippen MR) is 66.2 cm³/mol. The van der Waals surface area contributed by atoms with Crippen LogP contribution >= 0.6 is 0 Å². The number of hydrogen-bond acceptors (Lipinski definition) is 3. The van der Waals surface area contributed by atoms with E-state index in [2.05, 4.69) is 4.98 Å². The van der Waals surface area contributed by atoms with Crippen LogP contribution in [0, 0.1) is 0 Å². The van der Waals surface area contributed by atoms with Crippen molar-refractivity contribution in [2.24, 2.45) is 5.73 Å². The van der Waals surface area contributed by atoms with Crippen molar-refractivity contribution >= 4 is 5.91 Å². The van der Waals surface area contributed by atoms with Crippen LogP contribution in [0.1, 0.15) is 37.8 Å². The van der Waals surface area contributed by atoms with Gasteiger partial charge in [-0.05, 0) is 37.0 Å². The zero-order valence-electron chi connectivity index (χ0n) is 10.2. The third-order valence-corrected chi connectivity index (χ3v) is 3.38. The molecule has 0 bridgehead atoms. The summed E-state index contributed by atoms with van der Waals surface area (Å²) in [6.07, 6.45) is 6.31. The van der Waals surface area contributed by atoms with Crippen molar-refractivity contribution in [2.45, 2.75) is 38.3 Å². The Labute approximate surface area is 102 Å². The maximum absolute atomic E-state index is 12.1. The third kappa shape index (κ3) is 2.47. The fraction of sp³-hybridized carbons (Fsp3) is 0.538. The van der Waals surface area contributed by atoms with E-state index in [1.807, 2.05) is 24.0 Å². The second kappa shape index (κ2) is 5.27. The van der Waals surface area contributed by atoms with Gasteiger partial charge in [0.15, 0.2) is 0 Å². The van der Waals surface area contributed by atoms with E-state index in [-0.39, 0.29) is 18.0 Å². The monoisotopic (exact) mass is 233 g/mol. The van der Waals surface area contributed by atoms with Gasteiger partial charge in [-0.2, -0.15) is 0 Å². The first kappa shape index (κ1) is 12.0. The molecule has 4 nitrogen and oxygen atoms in total. The van der Waals surface area contributed by atoms with Gasteiger partial charge in [-0.1, -0.05) is 6.92 Å². The minimum absolute atomic E-state index is 0.0758. The van der Waals surface area contributed by atoms with E-state index in [4.69, 9.17) is 5.73 Å². The molecule has 2 atom stereocenters. The van der Waals surface area contributed by atoms with Gasteiger partial charge < -0.3 is 10.6 Å². The minimum atomic E-state index is -0.363. The summed E-state index contributed by atoms with van der Waals surface area (Å²) in [7, 11) is 0. The van der Waals surface area contributed by atoms with Crippen LogP contribution in [0.4, 0.5) is 0 Å². The van der Waals surface area contributed by atoms with Crippen molar-refractivity contribution < 1.29 is 4.79 Å². The maximum atomic E-state index is 12.1. The molecule has 0 aliphatic carbocycles. The second-order valence-electron chi connectivity index (χ2n) is 4.48. The normalized spacial score (nSPS) is 21.5. The van der Waals surface area contributed by atoms with Crippen molar-refractivity contribution in [2.75, 3.05) is 6.54 Å². The van der Waals surface area contributed by atoms with Crippen molar-refractivity contribution in [3.8, 4) is 0 Å². The molecule has 2 rings (SSSR count). The van der Waals surface area contributed by atoms with Gasteiger partial charge >= 0.3 is 0 Å². The summed E-state index contributed by atoms with van der Waals surface area (Å²) in [6, 6.07) is 3.78.